The van der Waals surface area contributed by atoms with E-state index < -0.39 is 5.41 Å². The quantitative estimate of drug-likeness (QED) is 0.169. The van der Waals surface area contributed by atoms with Gasteiger partial charge >= 0.3 is 0 Å². The number of rotatable bonds is 3. The zero-order valence-corrected chi connectivity index (χ0v) is 23.3. The zero-order valence-electron chi connectivity index (χ0n) is 23.3. The number of fused-ring (bicyclic) bond motifs is 9. The van der Waals surface area contributed by atoms with E-state index in [9.17, 15) is 0 Å². The van der Waals surface area contributed by atoms with Gasteiger partial charge in [-0.1, -0.05) is 103 Å². The summed E-state index contributed by atoms with van der Waals surface area (Å²) in [6.45, 7) is 0. The average molecular weight is 554 g/mol. The van der Waals surface area contributed by atoms with Gasteiger partial charge in [-0.2, -0.15) is 0 Å². The minimum Gasteiger partial charge on any atom is -0.421 e. The molecule has 4 heteroatoms. The fraction of sp³-hybridized carbons (Fsp3) is 0.0256. The molecule has 0 unspecified atom stereocenters. The Kier molecular flexibility index (Phi) is 5.63. The predicted molar refractivity (Wildman–Crippen MR) is 173 cm³/mol. The second kappa shape index (κ2) is 9.68. The summed E-state index contributed by atoms with van der Waals surface area (Å²) < 4.78 is 5.84. The Labute approximate surface area is 250 Å². The topological polar surface area (TPSA) is 60.2 Å². The summed E-state index contributed by atoms with van der Waals surface area (Å²) in [6.07, 6.45) is 0. The van der Waals surface area contributed by atoms with Crippen LogP contribution in [0.15, 0.2) is 152 Å². The lowest BCUT2D eigenvalue weighted by Gasteiger charge is -2.45. The molecule has 1 aliphatic carbocycles. The number of hydrogen-bond acceptors (Lipinski definition) is 4. The lowest BCUT2D eigenvalue weighted by molar-refractivity contribution is 0.538. The van der Waals surface area contributed by atoms with Gasteiger partial charge in [0.15, 0.2) is 0 Å². The molecule has 1 aliphatic heterocycles. The second-order valence-electron chi connectivity index (χ2n) is 10.9. The summed E-state index contributed by atoms with van der Waals surface area (Å²) >= 11 is 0. The summed E-state index contributed by atoms with van der Waals surface area (Å²) in [7, 11) is 0. The number of para-hydroxylation sites is 2. The minimum atomic E-state index is -0.604. The smallest absolute Gasteiger partial charge is 0.221 e. The van der Waals surface area contributed by atoms with E-state index in [2.05, 4.69) is 114 Å². The maximum atomic E-state index is 8.96. The molecule has 6 aromatic carbocycles. The van der Waals surface area contributed by atoms with Gasteiger partial charge in [0.1, 0.15) is 0 Å². The Balaban J connectivity index is 1.40. The van der Waals surface area contributed by atoms with Crippen LogP contribution in [0.4, 0.5) is 17.1 Å². The molecule has 0 radical (unpaired) electrons. The first-order valence-corrected chi connectivity index (χ1v) is 14.4. The average Bonchev–Trinajstić information content (AvgIpc) is 3.37. The molecule has 6 aromatic rings. The Morgan fingerprint density at radius 3 is 1.65 bits per heavy atom. The molecular weight excluding hydrogens is 526 g/mol. The van der Waals surface area contributed by atoms with Crippen molar-refractivity contribution in [1.82, 2.24) is 0 Å². The molecule has 2 N–H and O–H groups in total. The number of nitrogens with one attached hydrogen (secondary N) is 2. The van der Waals surface area contributed by atoms with Gasteiger partial charge in [-0.15, -0.1) is 0 Å². The molecule has 0 atom stereocenters. The van der Waals surface area contributed by atoms with Gasteiger partial charge in [0, 0.05) is 16.8 Å². The maximum Gasteiger partial charge on any atom is 0.221 e. The highest BCUT2D eigenvalue weighted by molar-refractivity contribution is 6.06. The van der Waals surface area contributed by atoms with Crippen molar-refractivity contribution in [3.8, 4) is 11.1 Å². The Morgan fingerprint density at radius 2 is 0.977 bits per heavy atom. The Hall–Kier alpha value is -5.74. The Morgan fingerprint density at radius 1 is 0.465 bits per heavy atom. The van der Waals surface area contributed by atoms with E-state index in [1.807, 2.05) is 42.5 Å². The van der Waals surface area contributed by atoms with E-state index in [1.54, 1.807) is 0 Å². The highest BCUT2D eigenvalue weighted by atomic mass is 16.5. The first-order chi connectivity index (χ1) is 21.2. The monoisotopic (exact) mass is 553 g/mol. The first-order valence-electron chi connectivity index (χ1n) is 14.4. The molecule has 1 heterocycles. The molecule has 204 valence electrons. The van der Waals surface area contributed by atoms with Crippen LogP contribution in [0.2, 0.25) is 0 Å². The third kappa shape index (κ3) is 3.63. The van der Waals surface area contributed by atoms with E-state index in [-0.39, 0.29) is 11.8 Å². The third-order valence-electron chi connectivity index (χ3n) is 8.66. The first kappa shape index (κ1) is 25.0. The normalized spacial score (nSPS) is 13.4. The minimum absolute atomic E-state index is 0.0501. The third-order valence-corrected chi connectivity index (χ3v) is 8.66. The number of anilines is 3. The van der Waals surface area contributed by atoms with Crippen LogP contribution in [-0.2, 0) is 10.2 Å². The Bertz CT molecular complexity index is 2000. The van der Waals surface area contributed by atoms with Crippen molar-refractivity contribution in [3.63, 3.8) is 0 Å². The van der Waals surface area contributed by atoms with Gasteiger partial charge in [0.05, 0.1) is 16.8 Å². The van der Waals surface area contributed by atoms with Crippen molar-refractivity contribution >= 4 is 28.9 Å². The molecule has 2 aliphatic rings. The van der Waals surface area contributed by atoms with Crippen LogP contribution < -0.4 is 4.90 Å². The van der Waals surface area contributed by atoms with E-state index >= 15 is 0 Å². The summed E-state index contributed by atoms with van der Waals surface area (Å²) in [4.78, 5) is 2.32. The van der Waals surface area contributed by atoms with Gasteiger partial charge in [-0.05, 0) is 81.9 Å². The van der Waals surface area contributed by atoms with Crippen LogP contribution in [0.5, 0.6) is 0 Å². The summed E-state index contributed by atoms with van der Waals surface area (Å²) in [5.41, 5.74) is 11.0. The van der Waals surface area contributed by atoms with Gasteiger partial charge in [0.25, 0.3) is 0 Å². The lowest BCUT2D eigenvalue weighted by atomic mass is 9.64. The molecule has 8 rings (SSSR count). The maximum absolute atomic E-state index is 8.96. The zero-order chi connectivity index (χ0) is 29.0. The largest absolute Gasteiger partial charge is 0.421 e. The van der Waals surface area contributed by atoms with Crippen LogP contribution in [0.3, 0.4) is 0 Å². The standard InChI is InChI=1S/C39H27N3O/c40-37(26-13-3-1-4-14-26)43-38(41)27-23-24-36-34(25-27)39(31-19-9-7-17-29(31)30-18-8-10-20-32(30)39)33-21-11-12-22-35(33)42(36)28-15-5-2-6-16-28/h1-25,40-41H. The highest BCUT2D eigenvalue weighted by Gasteiger charge is 2.51. The van der Waals surface area contributed by atoms with Crippen LogP contribution in [0.1, 0.15) is 33.4 Å². The van der Waals surface area contributed by atoms with E-state index in [4.69, 9.17) is 15.6 Å². The SMILES string of the molecule is N=C(OC(=N)c1ccc2c(c1)C1(c3ccccc3-c3ccccc31)c1ccccc1N2c1ccccc1)c1ccccc1. The van der Waals surface area contributed by atoms with Gasteiger partial charge in [0.2, 0.25) is 11.8 Å². The summed E-state index contributed by atoms with van der Waals surface area (Å²) in [6, 6.07) is 51.9. The molecule has 0 fully saturated rings. The van der Waals surface area contributed by atoms with Gasteiger partial charge in [-0.3, -0.25) is 10.8 Å². The van der Waals surface area contributed by atoms with Crippen molar-refractivity contribution in [2.24, 2.45) is 0 Å². The molecule has 4 nitrogen and oxygen atoms in total. The molecule has 0 aromatic heterocycles. The fourth-order valence-corrected chi connectivity index (χ4v) is 6.91. The molecule has 0 saturated heterocycles. The van der Waals surface area contributed by atoms with E-state index in [1.165, 1.54) is 27.8 Å². The van der Waals surface area contributed by atoms with Crippen molar-refractivity contribution in [1.29, 1.82) is 10.8 Å². The van der Waals surface area contributed by atoms with Crippen molar-refractivity contribution in [2.75, 3.05) is 4.90 Å². The van der Waals surface area contributed by atoms with Gasteiger partial charge < -0.3 is 9.64 Å². The molecule has 43 heavy (non-hydrogen) atoms. The van der Waals surface area contributed by atoms with Crippen LogP contribution >= 0.6 is 0 Å². The van der Waals surface area contributed by atoms with E-state index in [0.717, 1.165) is 22.6 Å². The van der Waals surface area contributed by atoms with Crippen molar-refractivity contribution in [3.05, 3.63) is 185 Å². The molecule has 0 saturated carbocycles. The number of nitrogens with zero attached hydrogens (tertiary/aromatic N) is 1. The van der Waals surface area contributed by atoms with Crippen molar-refractivity contribution < 1.29 is 4.74 Å². The number of hydrogen-bond donors (Lipinski definition) is 2. The van der Waals surface area contributed by atoms with Crippen LogP contribution in [-0.4, -0.2) is 11.8 Å². The predicted octanol–water partition coefficient (Wildman–Crippen LogP) is 9.20. The van der Waals surface area contributed by atoms with Crippen molar-refractivity contribution in [2.45, 2.75) is 5.41 Å². The molecule has 1 spiro atoms. The molecular formula is C39H27N3O. The number of benzene rings is 6. The van der Waals surface area contributed by atoms with Crippen LogP contribution in [0.25, 0.3) is 11.1 Å². The highest BCUT2D eigenvalue weighted by Crippen LogP contribution is 2.63. The van der Waals surface area contributed by atoms with Crippen LogP contribution in [0, 0.1) is 10.8 Å². The summed E-state index contributed by atoms with van der Waals surface area (Å²) in [5.74, 6) is -0.109. The molecule has 0 amide bonds. The van der Waals surface area contributed by atoms with Gasteiger partial charge in [-0.25, -0.2) is 0 Å². The number of ether oxygens (including phenoxy) is 1. The lowest BCUT2D eigenvalue weighted by Crippen LogP contribution is -2.36. The summed E-state index contributed by atoms with van der Waals surface area (Å²) in [5, 5.41) is 17.5. The second-order valence-corrected chi connectivity index (χ2v) is 10.9. The fourth-order valence-electron chi connectivity index (χ4n) is 6.91. The molecule has 0 bridgehead atoms. The van der Waals surface area contributed by atoms with E-state index in [0.29, 0.717) is 11.1 Å².